The van der Waals surface area contributed by atoms with Crippen LogP contribution in [-0.2, 0) is 48.4 Å². The Labute approximate surface area is 294 Å². The van der Waals surface area contributed by atoms with Gasteiger partial charge in [-0.05, 0) is 128 Å². The Balaban J connectivity index is 1.47. The molecular weight excluding hydrogens is 660 g/mol. The summed E-state index contributed by atoms with van der Waals surface area (Å²) in [6.45, 7) is 5.56. The molecule has 0 saturated heterocycles. The van der Waals surface area contributed by atoms with Crippen LogP contribution in [0.1, 0.15) is 68.5 Å². The van der Waals surface area contributed by atoms with E-state index in [1.54, 1.807) is 57.2 Å². The summed E-state index contributed by atoms with van der Waals surface area (Å²) in [7, 11) is 0. The second-order valence-corrected chi connectivity index (χ2v) is 10.7. The summed E-state index contributed by atoms with van der Waals surface area (Å²) in [6, 6.07) is 24.0. The normalized spacial score (nSPS) is 10.4. The summed E-state index contributed by atoms with van der Waals surface area (Å²) in [5.41, 5.74) is 2.84. The molecule has 51 heavy (non-hydrogen) atoms. The van der Waals surface area contributed by atoms with Crippen LogP contribution >= 0.6 is 0 Å². The maximum atomic E-state index is 12.2. The van der Waals surface area contributed by atoms with E-state index >= 15 is 0 Å². The summed E-state index contributed by atoms with van der Waals surface area (Å²) >= 11 is 0. The molecule has 0 saturated carbocycles. The molecule has 12 heteroatoms. The maximum absolute atomic E-state index is 12.2. The molecule has 0 unspecified atom stereocenters. The monoisotopic (exact) mass is 696 g/mol. The lowest BCUT2D eigenvalue weighted by Gasteiger charge is -2.14. The molecular formula is C39H36O12. The minimum absolute atomic E-state index is 0.0950. The highest BCUT2D eigenvalue weighted by molar-refractivity contribution is 6.41. The van der Waals surface area contributed by atoms with Gasteiger partial charge in [-0.15, -0.1) is 0 Å². The molecule has 0 spiro atoms. The van der Waals surface area contributed by atoms with E-state index < -0.39 is 35.3 Å². The fourth-order valence-corrected chi connectivity index (χ4v) is 4.64. The fraction of sp³-hybridized carbons (Fsp3) is 0.231. The minimum Gasteiger partial charge on any atom is -0.489 e. The van der Waals surface area contributed by atoms with Gasteiger partial charge in [0.25, 0.3) is 17.3 Å². The van der Waals surface area contributed by atoms with E-state index in [0.717, 1.165) is 16.7 Å². The van der Waals surface area contributed by atoms with Gasteiger partial charge in [0.05, 0.1) is 19.8 Å². The molecule has 0 amide bonds. The van der Waals surface area contributed by atoms with Gasteiger partial charge in [-0.25, -0.2) is 14.4 Å². The van der Waals surface area contributed by atoms with Crippen molar-refractivity contribution in [2.75, 3.05) is 19.8 Å². The molecule has 0 fully saturated rings. The van der Waals surface area contributed by atoms with Crippen molar-refractivity contribution in [3.05, 3.63) is 124 Å². The van der Waals surface area contributed by atoms with Gasteiger partial charge < -0.3 is 28.4 Å². The first-order valence-electron chi connectivity index (χ1n) is 16.1. The Kier molecular flexibility index (Phi) is 13.6. The fourth-order valence-electron chi connectivity index (χ4n) is 4.64. The molecule has 0 aromatic heterocycles. The molecule has 264 valence electrons. The van der Waals surface area contributed by atoms with Crippen LogP contribution in [0.2, 0.25) is 0 Å². The average Bonchev–Trinajstić information content (AvgIpc) is 3.15. The Hall–Kier alpha value is -6.30. The van der Waals surface area contributed by atoms with E-state index in [2.05, 4.69) is 0 Å². The number of carbonyl (C=O) groups is 6. The first-order chi connectivity index (χ1) is 24.6. The Bertz CT molecular complexity index is 1630. The number of hydrogen-bond acceptors (Lipinski definition) is 12. The Morgan fingerprint density at radius 1 is 0.392 bits per heavy atom. The van der Waals surface area contributed by atoms with Gasteiger partial charge in [0.15, 0.2) is 0 Å². The van der Waals surface area contributed by atoms with Gasteiger partial charge in [-0.3, -0.25) is 14.4 Å². The van der Waals surface area contributed by atoms with Crippen molar-refractivity contribution >= 4 is 35.3 Å². The Morgan fingerprint density at radius 3 is 0.843 bits per heavy atom. The van der Waals surface area contributed by atoms with Crippen LogP contribution in [0.25, 0.3) is 0 Å². The van der Waals surface area contributed by atoms with Crippen molar-refractivity contribution in [3.63, 3.8) is 0 Å². The van der Waals surface area contributed by atoms with Crippen LogP contribution in [-0.4, -0.2) is 55.1 Å². The van der Waals surface area contributed by atoms with Crippen molar-refractivity contribution < 1.29 is 57.2 Å². The molecule has 4 aromatic rings. The van der Waals surface area contributed by atoms with Gasteiger partial charge in [-0.2, -0.15) is 0 Å². The van der Waals surface area contributed by atoms with Crippen molar-refractivity contribution in [3.8, 4) is 17.2 Å². The highest BCUT2D eigenvalue weighted by Crippen LogP contribution is 2.21. The topological polar surface area (TPSA) is 158 Å². The van der Waals surface area contributed by atoms with Crippen LogP contribution < -0.4 is 14.2 Å². The van der Waals surface area contributed by atoms with E-state index in [1.165, 1.54) is 36.4 Å². The lowest BCUT2D eigenvalue weighted by Crippen LogP contribution is -2.17. The third-order valence-electron chi connectivity index (χ3n) is 7.06. The van der Waals surface area contributed by atoms with Crippen molar-refractivity contribution in [2.45, 2.75) is 40.6 Å². The number of rotatable bonds is 18. The third kappa shape index (κ3) is 10.8. The Morgan fingerprint density at radius 2 is 0.627 bits per heavy atom. The number of ether oxygens (including phenoxy) is 6. The molecule has 0 atom stereocenters. The number of hydrogen-bond donors (Lipinski definition) is 0. The van der Waals surface area contributed by atoms with Gasteiger partial charge in [0, 0.05) is 16.7 Å². The molecule has 12 nitrogen and oxygen atoms in total. The highest BCUT2D eigenvalue weighted by atomic mass is 16.5. The van der Waals surface area contributed by atoms with Crippen LogP contribution in [0, 0.1) is 0 Å². The molecule has 0 radical (unpaired) electrons. The first kappa shape index (κ1) is 37.5. The van der Waals surface area contributed by atoms with Crippen LogP contribution in [0.3, 0.4) is 0 Å². The van der Waals surface area contributed by atoms with E-state index in [0.29, 0.717) is 17.2 Å². The minimum atomic E-state index is -0.929. The standard InChI is InChI=1S/C39H36O12/c1-4-46-37(43)34(40)28-7-13-31(14-8-28)49-22-25-19-26(23-50-32-15-9-29(10-16-32)35(41)38(44)47-5-2)21-27(20-25)24-51-33-17-11-30(12-18-33)36(42)39(45)48-6-3/h7-21H,4-6,22-24H2,1-3H3. The second-order valence-electron chi connectivity index (χ2n) is 10.7. The summed E-state index contributed by atoms with van der Waals surface area (Å²) in [6.07, 6.45) is 0. The SMILES string of the molecule is CCOC(=O)C(=O)c1ccc(OCc2cc(COc3ccc(C(=O)C(=O)OCC)cc3)cc(COc3ccc(C(=O)C(=O)OCC)cc3)c2)cc1. The van der Waals surface area contributed by atoms with E-state index in [4.69, 9.17) is 28.4 Å². The number of carbonyl (C=O) groups excluding carboxylic acids is 6. The van der Waals surface area contributed by atoms with Crippen molar-refractivity contribution in [1.29, 1.82) is 0 Å². The van der Waals surface area contributed by atoms with Crippen LogP contribution in [0.5, 0.6) is 17.2 Å². The summed E-state index contributed by atoms with van der Waals surface area (Å²) in [4.78, 5) is 72.0. The largest absolute Gasteiger partial charge is 0.489 e. The average molecular weight is 697 g/mol. The van der Waals surface area contributed by atoms with Gasteiger partial charge in [0.1, 0.15) is 37.1 Å². The smallest absolute Gasteiger partial charge is 0.379 e. The maximum Gasteiger partial charge on any atom is 0.379 e. The molecule has 0 aliphatic carbocycles. The number of esters is 3. The quantitative estimate of drug-likeness (QED) is 0.0545. The van der Waals surface area contributed by atoms with Crippen molar-refractivity contribution in [1.82, 2.24) is 0 Å². The predicted octanol–water partition coefficient (Wildman–Crippen LogP) is 5.66. The number of Topliss-reactive ketones (excluding diaryl/α,β-unsaturated/α-hetero) is 3. The number of benzene rings is 4. The molecule has 0 aliphatic heterocycles. The van der Waals surface area contributed by atoms with Gasteiger partial charge >= 0.3 is 17.9 Å². The van der Waals surface area contributed by atoms with Crippen molar-refractivity contribution in [2.24, 2.45) is 0 Å². The van der Waals surface area contributed by atoms with Crippen LogP contribution in [0.4, 0.5) is 0 Å². The lowest BCUT2D eigenvalue weighted by molar-refractivity contribution is -0.138. The second kappa shape index (κ2) is 18.5. The van der Waals surface area contributed by atoms with E-state index in [-0.39, 0.29) is 56.3 Å². The van der Waals surface area contributed by atoms with E-state index in [9.17, 15) is 28.8 Å². The zero-order valence-electron chi connectivity index (χ0n) is 28.3. The lowest BCUT2D eigenvalue weighted by atomic mass is 10.1. The summed E-state index contributed by atoms with van der Waals surface area (Å²) < 4.78 is 32.2. The molecule has 0 bridgehead atoms. The predicted molar refractivity (Wildman–Crippen MR) is 182 cm³/mol. The van der Waals surface area contributed by atoms with Gasteiger partial charge in [0.2, 0.25) is 0 Å². The molecule has 0 heterocycles. The summed E-state index contributed by atoms with van der Waals surface area (Å²) in [5, 5.41) is 0. The van der Waals surface area contributed by atoms with Gasteiger partial charge in [-0.1, -0.05) is 0 Å². The zero-order chi connectivity index (χ0) is 36.8. The number of ketones is 3. The summed E-state index contributed by atoms with van der Waals surface area (Å²) in [5.74, 6) is -3.64. The first-order valence-corrected chi connectivity index (χ1v) is 16.1. The highest BCUT2D eigenvalue weighted by Gasteiger charge is 2.19. The van der Waals surface area contributed by atoms with E-state index in [1.807, 2.05) is 18.2 Å². The molecule has 0 N–H and O–H groups in total. The molecule has 4 aromatic carbocycles. The molecule has 0 aliphatic rings. The molecule has 4 rings (SSSR count). The zero-order valence-corrected chi connectivity index (χ0v) is 28.3. The third-order valence-corrected chi connectivity index (χ3v) is 7.06. The van der Waals surface area contributed by atoms with Crippen LogP contribution in [0.15, 0.2) is 91.0 Å².